The van der Waals surface area contributed by atoms with Gasteiger partial charge in [0.2, 0.25) is 0 Å². The van der Waals surface area contributed by atoms with Gasteiger partial charge >= 0.3 is 0 Å². The van der Waals surface area contributed by atoms with Crippen LogP contribution in [0.1, 0.15) is 12.0 Å². The second-order valence-electron chi connectivity index (χ2n) is 3.99. The van der Waals surface area contributed by atoms with Crippen molar-refractivity contribution in [2.75, 3.05) is 25.1 Å². The second kappa shape index (κ2) is 4.42. The molecule has 0 aliphatic carbocycles. The normalized spacial score (nSPS) is 19.6. The van der Waals surface area contributed by atoms with Crippen molar-refractivity contribution < 1.29 is 4.74 Å². The molecular weight excluding hydrogens is 202 g/mol. The standard InChI is InChI=1S/C12H15N3O/c1-16-11-2-3-12(9(6-11)7-13)15-5-4-10(14)8-15/h2-3,6,10H,4-5,8,14H2,1H3/t10-/m0/s1. The van der Waals surface area contributed by atoms with Crippen molar-refractivity contribution in [3.05, 3.63) is 23.8 Å². The Labute approximate surface area is 95.2 Å². The van der Waals surface area contributed by atoms with Crippen LogP contribution in [0.15, 0.2) is 18.2 Å². The number of anilines is 1. The third-order valence-electron chi connectivity index (χ3n) is 2.89. The number of nitrogens with zero attached hydrogens (tertiary/aromatic N) is 2. The molecule has 1 aliphatic rings. The number of rotatable bonds is 2. The van der Waals surface area contributed by atoms with Gasteiger partial charge in [0.05, 0.1) is 18.4 Å². The maximum atomic E-state index is 9.10. The molecule has 2 rings (SSSR count). The number of nitriles is 1. The minimum atomic E-state index is 0.216. The molecule has 1 fully saturated rings. The first kappa shape index (κ1) is 10.8. The third-order valence-corrected chi connectivity index (χ3v) is 2.89. The van der Waals surface area contributed by atoms with Gasteiger partial charge in [-0.15, -0.1) is 0 Å². The third kappa shape index (κ3) is 1.95. The molecule has 1 aromatic rings. The molecule has 2 N–H and O–H groups in total. The highest BCUT2D eigenvalue weighted by Crippen LogP contribution is 2.27. The van der Waals surface area contributed by atoms with Crippen LogP contribution in [0.5, 0.6) is 5.75 Å². The molecule has 0 aromatic heterocycles. The van der Waals surface area contributed by atoms with Gasteiger partial charge in [-0.2, -0.15) is 5.26 Å². The van der Waals surface area contributed by atoms with Crippen LogP contribution in [0.4, 0.5) is 5.69 Å². The summed E-state index contributed by atoms with van der Waals surface area (Å²) in [7, 11) is 1.60. The Bertz CT molecular complexity index is 425. The molecule has 0 bridgehead atoms. The first-order chi connectivity index (χ1) is 7.74. The SMILES string of the molecule is COc1ccc(N2CC[C@H](N)C2)c(C#N)c1. The maximum absolute atomic E-state index is 9.10. The van der Waals surface area contributed by atoms with Crippen molar-refractivity contribution in [3.8, 4) is 11.8 Å². The molecule has 1 atom stereocenters. The van der Waals surface area contributed by atoms with Gasteiger partial charge in [0.1, 0.15) is 11.8 Å². The average molecular weight is 217 g/mol. The number of ether oxygens (including phenoxy) is 1. The van der Waals surface area contributed by atoms with E-state index in [1.165, 1.54) is 0 Å². The fourth-order valence-corrected chi connectivity index (χ4v) is 2.01. The minimum Gasteiger partial charge on any atom is -0.497 e. The Balaban J connectivity index is 2.31. The largest absolute Gasteiger partial charge is 0.497 e. The Kier molecular flexibility index (Phi) is 2.97. The van der Waals surface area contributed by atoms with Gasteiger partial charge in [0, 0.05) is 19.1 Å². The molecule has 0 saturated carbocycles. The summed E-state index contributed by atoms with van der Waals surface area (Å²) >= 11 is 0. The molecule has 0 amide bonds. The van der Waals surface area contributed by atoms with Crippen LogP contribution >= 0.6 is 0 Å². The van der Waals surface area contributed by atoms with E-state index in [0.717, 1.165) is 25.2 Å². The smallest absolute Gasteiger partial charge is 0.120 e. The lowest BCUT2D eigenvalue weighted by atomic mass is 10.1. The first-order valence-electron chi connectivity index (χ1n) is 5.33. The Hall–Kier alpha value is -1.73. The highest BCUT2D eigenvalue weighted by molar-refractivity contribution is 5.62. The van der Waals surface area contributed by atoms with E-state index in [9.17, 15) is 0 Å². The van der Waals surface area contributed by atoms with Gasteiger partial charge in [-0.25, -0.2) is 0 Å². The topological polar surface area (TPSA) is 62.3 Å². The average Bonchev–Trinajstić information content (AvgIpc) is 2.74. The molecule has 16 heavy (non-hydrogen) atoms. The van der Waals surface area contributed by atoms with Gasteiger partial charge in [-0.1, -0.05) is 0 Å². The summed E-state index contributed by atoms with van der Waals surface area (Å²) in [5, 5.41) is 9.10. The van der Waals surface area contributed by atoms with Gasteiger partial charge in [-0.05, 0) is 24.6 Å². The molecule has 1 aromatic carbocycles. The lowest BCUT2D eigenvalue weighted by molar-refractivity contribution is 0.414. The first-order valence-corrected chi connectivity index (χ1v) is 5.33. The van der Waals surface area contributed by atoms with E-state index in [1.54, 1.807) is 13.2 Å². The number of methoxy groups -OCH3 is 1. The van der Waals surface area contributed by atoms with Gasteiger partial charge in [0.25, 0.3) is 0 Å². The number of hydrogen-bond donors (Lipinski definition) is 1. The molecule has 1 aliphatic heterocycles. The van der Waals surface area contributed by atoms with E-state index >= 15 is 0 Å². The van der Waals surface area contributed by atoms with E-state index in [1.807, 2.05) is 12.1 Å². The molecule has 1 saturated heterocycles. The van der Waals surface area contributed by atoms with Crippen molar-refractivity contribution in [1.82, 2.24) is 0 Å². The van der Waals surface area contributed by atoms with E-state index in [-0.39, 0.29) is 6.04 Å². The summed E-state index contributed by atoms with van der Waals surface area (Å²) < 4.78 is 5.10. The van der Waals surface area contributed by atoms with Crippen molar-refractivity contribution in [2.45, 2.75) is 12.5 Å². The Morgan fingerprint density at radius 3 is 2.94 bits per heavy atom. The lowest BCUT2D eigenvalue weighted by Gasteiger charge is -2.19. The van der Waals surface area contributed by atoms with Crippen LogP contribution in [0.25, 0.3) is 0 Å². The van der Waals surface area contributed by atoms with Crippen molar-refractivity contribution in [1.29, 1.82) is 5.26 Å². The minimum absolute atomic E-state index is 0.216. The van der Waals surface area contributed by atoms with Crippen molar-refractivity contribution >= 4 is 5.69 Å². The van der Waals surface area contributed by atoms with Crippen LogP contribution < -0.4 is 15.4 Å². The second-order valence-corrected chi connectivity index (χ2v) is 3.99. The van der Waals surface area contributed by atoms with E-state index in [0.29, 0.717) is 11.3 Å². The molecule has 0 spiro atoms. The summed E-state index contributed by atoms with van der Waals surface area (Å²) in [5.41, 5.74) is 7.46. The zero-order chi connectivity index (χ0) is 11.5. The van der Waals surface area contributed by atoms with Gasteiger partial charge in [-0.3, -0.25) is 0 Å². The van der Waals surface area contributed by atoms with Crippen LogP contribution in [0.3, 0.4) is 0 Å². The fourth-order valence-electron chi connectivity index (χ4n) is 2.01. The van der Waals surface area contributed by atoms with Crippen LogP contribution in [0.2, 0.25) is 0 Å². The van der Waals surface area contributed by atoms with Crippen LogP contribution in [-0.2, 0) is 0 Å². The van der Waals surface area contributed by atoms with Crippen molar-refractivity contribution in [3.63, 3.8) is 0 Å². The van der Waals surface area contributed by atoms with E-state index in [2.05, 4.69) is 11.0 Å². The number of benzene rings is 1. The van der Waals surface area contributed by atoms with Crippen molar-refractivity contribution in [2.24, 2.45) is 5.73 Å². The lowest BCUT2D eigenvalue weighted by Crippen LogP contribution is -2.26. The quantitative estimate of drug-likeness (QED) is 0.806. The molecule has 0 unspecified atom stereocenters. The van der Waals surface area contributed by atoms with Gasteiger partial charge < -0.3 is 15.4 Å². The van der Waals surface area contributed by atoms with E-state index < -0.39 is 0 Å². The summed E-state index contributed by atoms with van der Waals surface area (Å²) in [4.78, 5) is 2.16. The fraction of sp³-hybridized carbons (Fsp3) is 0.417. The predicted molar refractivity (Wildman–Crippen MR) is 62.5 cm³/mol. The Morgan fingerprint density at radius 1 is 1.56 bits per heavy atom. The van der Waals surface area contributed by atoms with Crippen LogP contribution in [0, 0.1) is 11.3 Å². The highest BCUT2D eigenvalue weighted by atomic mass is 16.5. The summed E-state index contributed by atoms with van der Waals surface area (Å²) in [6.07, 6.45) is 0.983. The number of hydrogen-bond acceptors (Lipinski definition) is 4. The molecule has 84 valence electrons. The molecular formula is C12H15N3O. The Morgan fingerprint density at radius 2 is 2.38 bits per heavy atom. The van der Waals surface area contributed by atoms with Gasteiger partial charge in [0.15, 0.2) is 0 Å². The molecule has 1 heterocycles. The maximum Gasteiger partial charge on any atom is 0.120 e. The predicted octanol–water partition coefficient (Wildman–Crippen LogP) is 1.10. The molecule has 0 radical (unpaired) electrons. The summed E-state index contributed by atoms with van der Waals surface area (Å²) in [6, 6.07) is 7.98. The summed E-state index contributed by atoms with van der Waals surface area (Å²) in [5.74, 6) is 0.712. The zero-order valence-corrected chi connectivity index (χ0v) is 9.31. The monoisotopic (exact) mass is 217 g/mol. The summed E-state index contributed by atoms with van der Waals surface area (Å²) in [6.45, 7) is 1.74. The highest BCUT2D eigenvalue weighted by Gasteiger charge is 2.21. The van der Waals surface area contributed by atoms with E-state index in [4.69, 9.17) is 15.7 Å². The molecule has 4 heteroatoms. The van der Waals surface area contributed by atoms with Crippen LogP contribution in [-0.4, -0.2) is 26.2 Å². The number of nitrogens with two attached hydrogens (primary N) is 1. The molecule has 4 nitrogen and oxygen atoms in total. The zero-order valence-electron chi connectivity index (χ0n) is 9.31.